The van der Waals surface area contributed by atoms with Crippen molar-refractivity contribution in [1.82, 2.24) is 24.8 Å². The number of phenolic OH excluding ortho intramolecular Hbond substituents is 1. The minimum absolute atomic E-state index is 0.0833. The summed E-state index contributed by atoms with van der Waals surface area (Å²) < 4.78 is 0. The van der Waals surface area contributed by atoms with E-state index in [0.717, 1.165) is 17.0 Å². The summed E-state index contributed by atoms with van der Waals surface area (Å²) in [5.41, 5.74) is 3.25. The smallest absolute Gasteiger partial charge is 0.272 e. The first-order valence-corrected chi connectivity index (χ1v) is 7.74. The van der Waals surface area contributed by atoms with Gasteiger partial charge in [-0.1, -0.05) is 12.1 Å². The normalized spacial score (nSPS) is 16.9. The highest BCUT2D eigenvalue weighted by Gasteiger charge is 2.32. The number of rotatable bonds is 2. The van der Waals surface area contributed by atoms with Crippen molar-refractivity contribution in [2.24, 2.45) is 0 Å². The Kier molecular flexibility index (Phi) is 3.34. The number of aromatic nitrogens is 4. The number of hydrogen-bond acceptors (Lipinski definition) is 4. The maximum Gasteiger partial charge on any atom is 0.272 e. The van der Waals surface area contributed by atoms with E-state index in [4.69, 9.17) is 0 Å². The molecule has 0 saturated heterocycles. The number of aryl methyl sites for hydroxylation is 1. The summed E-state index contributed by atoms with van der Waals surface area (Å²) in [5.74, 6) is 0.737. The molecule has 1 atom stereocenters. The molecule has 0 bridgehead atoms. The second kappa shape index (κ2) is 5.52. The van der Waals surface area contributed by atoms with E-state index in [0.29, 0.717) is 24.6 Å². The quantitative estimate of drug-likeness (QED) is 0.671. The third-order valence-corrected chi connectivity index (χ3v) is 4.33. The topological polar surface area (TPSA) is 97.9 Å². The highest BCUT2D eigenvalue weighted by molar-refractivity contribution is 5.92. The van der Waals surface area contributed by atoms with Gasteiger partial charge in [-0.15, -0.1) is 0 Å². The van der Waals surface area contributed by atoms with Gasteiger partial charge in [0.25, 0.3) is 5.91 Å². The van der Waals surface area contributed by atoms with Crippen molar-refractivity contribution in [3.63, 3.8) is 0 Å². The third-order valence-electron chi connectivity index (χ3n) is 4.33. The summed E-state index contributed by atoms with van der Waals surface area (Å²) in [5, 5.41) is 9.78. The Morgan fingerprint density at radius 3 is 3.00 bits per heavy atom. The zero-order valence-electron chi connectivity index (χ0n) is 13.2. The average molecular weight is 323 g/mol. The predicted molar refractivity (Wildman–Crippen MR) is 86.6 cm³/mol. The van der Waals surface area contributed by atoms with Crippen LogP contribution in [0.3, 0.4) is 0 Å². The van der Waals surface area contributed by atoms with Crippen molar-refractivity contribution in [1.29, 1.82) is 0 Å². The van der Waals surface area contributed by atoms with Crippen LogP contribution in [0, 0.1) is 6.92 Å². The van der Waals surface area contributed by atoms with Gasteiger partial charge in [0, 0.05) is 12.5 Å². The molecule has 0 radical (unpaired) electrons. The number of aromatic hydroxyl groups is 1. The van der Waals surface area contributed by atoms with Gasteiger partial charge < -0.3 is 20.0 Å². The molecule has 1 aromatic carbocycles. The Balaban J connectivity index is 1.69. The molecule has 24 heavy (non-hydrogen) atoms. The molecular formula is C17H17N5O2. The standard InChI is InChI=1S/C17H17N5O2/c1-10-18-6-14(21-10)17(24)22-7-13(11-3-2-4-12(23)5-11)16-15(8-22)19-9-20-16/h2-6,9,13,23H,7-8H2,1H3,(H,18,21)(H,19,20). The average Bonchev–Trinajstić information content (AvgIpc) is 3.21. The zero-order chi connectivity index (χ0) is 16.7. The summed E-state index contributed by atoms with van der Waals surface area (Å²) in [4.78, 5) is 29.2. The molecule has 0 fully saturated rings. The first-order chi connectivity index (χ1) is 11.6. The molecule has 0 aliphatic carbocycles. The van der Waals surface area contributed by atoms with Gasteiger partial charge in [0.15, 0.2) is 0 Å². The van der Waals surface area contributed by atoms with Crippen molar-refractivity contribution in [3.8, 4) is 5.75 Å². The monoisotopic (exact) mass is 323 g/mol. The van der Waals surface area contributed by atoms with Crippen LogP contribution in [0.1, 0.15) is 39.2 Å². The minimum Gasteiger partial charge on any atom is -0.508 e. The zero-order valence-corrected chi connectivity index (χ0v) is 13.2. The number of nitrogens with one attached hydrogen (secondary N) is 2. The molecule has 122 valence electrons. The van der Waals surface area contributed by atoms with E-state index in [1.807, 2.05) is 13.0 Å². The van der Waals surface area contributed by atoms with Gasteiger partial charge >= 0.3 is 0 Å². The lowest BCUT2D eigenvalue weighted by Crippen LogP contribution is -2.39. The highest BCUT2D eigenvalue weighted by atomic mass is 16.3. The summed E-state index contributed by atoms with van der Waals surface area (Å²) in [6, 6.07) is 7.10. The van der Waals surface area contributed by atoms with Crippen molar-refractivity contribution in [3.05, 3.63) is 65.3 Å². The van der Waals surface area contributed by atoms with E-state index in [1.54, 1.807) is 35.6 Å². The van der Waals surface area contributed by atoms with Crippen LogP contribution in [0.25, 0.3) is 0 Å². The van der Waals surface area contributed by atoms with E-state index in [9.17, 15) is 9.90 Å². The van der Waals surface area contributed by atoms with Crippen molar-refractivity contribution >= 4 is 5.91 Å². The number of aromatic amines is 2. The minimum atomic E-state index is -0.0963. The predicted octanol–water partition coefficient (Wildman–Crippen LogP) is 1.93. The first-order valence-electron chi connectivity index (χ1n) is 7.74. The van der Waals surface area contributed by atoms with Gasteiger partial charge in [-0.3, -0.25) is 4.79 Å². The van der Waals surface area contributed by atoms with Crippen LogP contribution in [0.5, 0.6) is 5.75 Å². The van der Waals surface area contributed by atoms with Crippen LogP contribution >= 0.6 is 0 Å². The number of nitrogens with zero attached hydrogens (tertiary/aromatic N) is 3. The molecule has 1 amide bonds. The second-order valence-corrected chi connectivity index (χ2v) is 5.98. The van der Waals surface area contributed by atoms with Gasteiger partial charge in [0.1, 0.15) is 17.3 Å². The van der Waals surface area contributed by atoms with Crippen LogP contribution in [0.4, 0.5) is 0 Å². The number of hydrogen-bond donors (Lipinski definition) is 3. The second-order valence-electron chi connectivity index (χ2n) is 5.98. The van der Waals surface area contributed by atoms with E-state index in [1.165, 1.54) is 0 Å². The fourth-order valence-corrected chi connectivity index (χ4v) is 3.18. The van der Waals surface area contributed by atoms with Crippen LogP contribution in [-0.2, 0) is 6.54 Å². The molecule has 0 saturated carbocycles. The van der Waals surface area contributed by atoms with E-state index in [-0.39, 0.29) is 17.6 Å². The molecule has 7 heteroatoms. The van der Waals surface area contributed by atoms with Crippen LogP contribution in [0.15, 0.2) is 36.8 Å². The summed E-state index contributed by atoms with van der Waals surface area (Å²) in [6.45, 7) is 2.79. The molecule has 1 unspecified atom stereocenters. The third kappa shape index (κ3) is 2.44. The van der Waals surface area contributed by atoms with Crippen LogP contribution < -0.4 is 0 Å². The number of carbonyl (C=O) groups is 1. The van der Waals surface area contributed by atoms with Gasteiger partial charge in [0.05, 0.1) is 30.5 Å². The van der Waals surface area contributed by atoms with Crippen molar-refractivity contribution in [2.75, 3.05) is 6.54 Å². The number of imidazole rings is 2. The maximum absolute atomic E-state index is 12.8. The molecule has 3 aromatic rings. The lowest BCUT2D eigenvalue weighted by Gasteiger charge is -2.32. The Morgan fingerprint density at radius 1 is 1.38 bits per heavy atom. The van der Waals surface area contributed by atoms with E-state index >= 15 is 0 Å². The molecule has 4 rings (SSSR count). The molecule has 7 nitrogen and oxygen atoms in total. The lowest BCUT2D eigenvalue weighted by atomic mass is 9.90. The fraction of sp³-hybridized carbons (Fsp3) is 0.235. The number of H-pyrrole nitrogens is 2. The number of carbonyl (C=O) groups excluding carboxylic acids is 1. The molecule has 0 spiro atoms. The van der Waals surface area contributed by atoms with Crippen molar-refractivity contribution < 1.29 is 9.90 Å². The van der Waals surface area contributed by atoms with Gasteiger partial charge in [-0.25, -0.2) is 9.97 Å². The number of fused-ring (bicyclic) bond motifs is 1. The summed E-state index contributed by atoms with van der Waals surface area (Å²) in [6.07, 6.45) is 3.21. The Labute approximate surface area is 138 Å². The highest BCUT2D eigenvalue weighted by Crippen LogP contribution is 2.33. The van der Waals surface area contributed by atoms with Crippen LogP contribution in [-0.4, -0.2) is 42.4 Å². The molecule has 1 aliphatic heterocycles. The molecule has 3 heterocycles. The van der Waals surface area contributed by atoms with Gasteiger partial charge in [-0.05, 0) is 24.6 Å². The Bertz CT molecular complexity index is 898. The molecule has 2 aromatic heterocycles. The Morgan fingerprint density at radius 2 is 2.25 bits per heavy atom. The van der Waals surface area contributed by atoms with E-state index < -0.39 is 0 Å². The number of phenols is 1. The van der Waals surface area contributed by atoms with Gasteiger partial charge in [-0.2, -0.15) is 0 Å². The Hall–Kier alpha value is -3.09. The maximum atomic E-state index is 12.8. The fourth-order valence-electron chi connectivity index (χ4n) is 3.18. The van der Waals surface area contributed by atoms with Gasteiger partial charge in [0.2, 0.25) is 0 Å². The van der Waals surface area contributed by atoms with Crippen LogP contribution in [0.2, 0.25) is 0 Å². The number of benzene rings is 1. The molecular weight excluding hydrogens is 306 g/mol. The summed E-state index contributed by atoms with van der Waals surface area (Å²) in [7, 11) is 0. The first kappa shape index (κ1) is 14.5. The lowest BCUT2D eigenvalue weighted by molar-refractivity contribution is 0.0716. The SMILES string of the molecule is Cc1ncc(C(=O)N2Cc3[nH]cnc3C(c3cccc(O)c3)C2)[nH]1. The summed E-state index contributed by atoms with van der Waals surface area (Å²) >= 11 is 0. The van der Waals surface area contributed by atoms with E-state index in [2.05, 4.69) is 19.9 Å². The molecule has 1 aliphatic rings. The molecule has 3 N–H and O–H groups in total. The largest absolute Gasteiger partial charge is 0.508 e. The van der Waals surface area contributed by atoms with Crippen molar-refractivity contribution in [2.45, 2.75) is 19.4 Å². The number of amides is 1.